The summed E-state index contributed by atoms with van der Waals surface area (Å²) in [5.74, 6) is -0.0291. The van der Waals surface area contributed by atoms with Crippen molar-refractivity contribution in [2.75, 3.05) is 9.62 Å². The highest BCUT2D eigenvalue weighted by atomic mass is 79.9. The predicted octanol–water partition coefficient (Wildman–Crippen LogP) is 6.92. The van der Waals surface area contributed by atoms with Gasteiger partial charge in [-0.05, 0) is 53.8 Å². The zero-order valence-electron chi connectivity index (χ0n) is 19.0. The van der Waals surface area contributed by atoms with E-state index in [0.717, 1.165) is 11.6 Å². The number of sulfonamides is 1. The highest BCUT2D eigenvalue weighted by Crippen LogP contribution is 2.43. The molecule has 2 aromatic carbocycles. The molecule has 0 saturated heterocycles. The Morgan fingerprint density at radius 1 is 1.00 bits per heavy atom. The molecule has 5 nitrogen and oxygen atoms in total. The van der Waals surface area contributed by atoms with Gasteiger partial charge >= 0.3 is 6.18 Å². The Morgan fingerprint density at radius 2 is 1.65 bits per heavy atom. The van der Waals surface area contributed by atoms with Crippen molar-refractivity contribution in [1.82, 2.24) is 4.98 Å². The van der Waals surface area contributed by atoms with Crippen molar-refractivity contribution in [2.45, 2.75) is 50.7 Å². The molecule has 10 heteroatoms. The number of anilines is 3. The molecule has 0 saturated carbocycles. The lowest BCUT2D eigenvalue weighted by molar-refractivity contribution is -0.141. The Hall–Kier alpha value is -2.59. The van der Waals surface area contributed by atoms with Crippen molar-refractivity contribution in [3.63, 3.8) is 0 Å². The Labute approximate surface area is 205 Å². The molecule has 0 fully saturated rings. The second-order valence-corrected chi connectivity index (χ2v) is 11.9. The van der Waals surface area contributed by atoms with Crippen molar-refractivity contribution >= 4 is 43.1 Å². The topological polar surface area (TPSA) is 62.3 Å². The van der Waals surface area contributed by atoms with Gasteiger partial charge in [0.2, 0.25) is 0 Å². The molecule has 180 valence electrons. The average molecular weight is 554 g/mol. The van der Waals surface area contributed by atoms with Gasteiger partial charge in [0.25, 0.3) is 10.0 Å². The van der Waals surface area contributed by atoms with Gasteiger partial charge in [0.1, 0.15) is 11.5 Å². The van der Waals surface area contributed by atoms with Crippen molar-refractivity contribution in [1.29, 1.82) is 0 Å². The van der Waals surface area contributed by atoms with Crippen LogP contribution in [-0.4, -0.2) is 13.4 Å². The Bertz CT molecular complexity index is 1370. The van der Waals surface area contributed by atoms with E-state index >= 15 is 0 Å². The first-order valence-corrected chi connectivity index (χ1v) is 12.7. The predicted molar refractivity (Wildman–Crippen MR) is 130 cm³/mol. The first kappa shape index (κ1) is 24.5. The molecule has 0 bridgehead atoms. The number of nitrogens with zero attached hydrogens (tertiary/aromatic N) is 2. The third-order valence-corrected chi connectivity index (χ3v) is 8.38. The molecular weight excluding hydrogens is 531 g/mol. The minimum atomic E-state index is -4.62. The Morgan fingerprint density at radius 3 is 2.24 bits per heavy atom. The molecule has 1 aromatic heterocycles. The Kier molecular flexibility index (Phi) is 5.96. The summed E-state index contributed by atoms with van der Waals surface area (Å²) in [4.78, 5) is 3.85. The third-order valence-electron chi connectivity index (χ3n) is 5.76. The number of aromatic nitrogens is 1. The van der Waals surface area contributed by atoms with Crippen molar-refractivity contribution in [2.24, 2.45) is 0 Å². The summed E-state index contributed by atoms with van der Waals surface area (Å²) in [7, 11) is -4.06. The maximum Gasteiger partial charge on any atom is 0.433 e. The number of benzene rings is 2. The lowest BCUT2D eigenvalue weighted by atomic mass is 9.87. The SMILES string of the molecule is Cc1c(Br)ccc2c1N(S(=O)(=O)c1ccc(C(C)(C)C)cc1)Cc1ccc(C(F)(F)F)nc1N2. The van der Waals surface area contributed by atoms with E-state index in [0.29, 0.717) is 27.0 Å². The van der Waals surface area contributed by atoms with Gasteiger partial charge in [0.15, 0.2) is 0 Å². The molecule has 1 N–H and O–H groups in total. The van der Waals surface area contributed by atoms with Gasteiger partial charge in [-0.25, -0.2) is 13.4 Å². The van der Waals surface area contributed by atoms with E-state index in [4.69, 9.17) is 0 Å². The molecule has 0 unspecified atom stereocenters. The fourth-order valence-electron chi connectivity index (χ4n) is 3.80. The normalized spacial score (nSPS) is 14.2. The lowest BCUT2D eigenvalue weighted by Crippen LogP contribution is -2.31. The monoisotopic (exact) mass is 553 g/mol. The smallest absolute Gasteiger partial charge is 0.338 e. The number of hydrogen-bond donors (Lipinski definition) is 1. The standard InChI is InChI=1S/C24H23BrF3N3O2S/c1-14-18(25)10-11-19-21(14)31(13-15-5-12-20(24(26,27)28)30-22(15)29-19)34(32,33)17-8-6-16(7-9-17)23(2,3)4/h5-12H,13H2,1-4H3,(H,29,30). The van der Waals surface area contributed by atoms with Crippen LogP contribution in [0.5, 0.6) is 0 Å². The molecule has 4 rings (SSSR count). The van der Waals surface area contributed by atoms with Crippen LogP contribution in [0, 0.1) is 6.92 Å². The molecule has 0 spiro atoms. The van der Waals surface area contributed by atoms with Crippen LogP contribution in [0.3, 0.4) is 0 Å². The highest BCUT2D eigenvalue weighted by Gasteiger charge is 2.36. The second kappa shape index (κ2) is 8.27. The molecule has 3 aromatic rings. The fourth-order valence-corrected chi connectivity index (χ4v) is 5.64. The first-order chi connectivity index (χ1) is 15.7. The summed E-state index contributed by atoms with van der Waals surface area (Å²) in [5, 5.41) is 2.93. The van der Waals surface area contributed by atoms with Gasteiger partial charge in [0.05, 0.1) is 22.8 Å². The van der Waals surface area contributed by atoms with Crippen LogP contribution in [0.4, 0.5) is 30.4 Å². The molecule has 1 aliphatic heterocycles. The average Bonchev–Trinajstić information content (AvgIpc) is 2.92. The quantitative estimate of drug-likeness (QED) is 0.374. The van der Waals surface area contributed by atoms with E-state index in [-0.39, 0.29) is 22.7 Å². The third kappa shape index (κ3) is 4.40. The van der Waals surface area contributed by atoms with Crippen molar-refractivity contribution in [3.05, 3.63) is 75.4 Å². The van der Waals surface area contributed by atoms with Crippen LogP contribution in [0.1, 0.15) is 43.2 Å². The van der Waals surface area contributed by atoms with Gasteiger partial charge in [0, 0.05) is 10.0 Å². The van der Waals surface area contributed by atoms with E-state index in [1.165, 1.54) is 10.4 Å². The summed E-state index contributed by atoms with van der Waals surface area (Å²) >= 11 is 3.44. The minimum absolute atomic E-state index is 0.0291. The number of fused-ring (bicyclic) bond motifs is 2. The number of halogens is 4. The number of rotatable bonds is 2. The zero-order valence-corrected chi connectivity index (χ0v) is 21.4. The van der Waals surface area contributed by atoms with Crippen molar-refractivity contribution < 1.29 is 21.6 Å². The van der Waals surface area contributed by atoms with Crippen LogP contribution in [-0.2, 0) is 28.2 Å². The number of nitrogens with one attached hydrogen (secondary N) is 1. The van der Waals surface area contributed by atoms with E-state index in [2.05, 4.69) is 26.2 Å². The molecule has 34 heavy (non-hydrogen) atoms. The minimum Gasteiger partial charge on any atom is -0.338 e. The second-order valence-electron chi connectivity index (χ2n) is 9.18. The zero-order chi connectivity index (χ0) is 25.1. The summed E-state index contributed by atoms with van der Waals surface area (Å²) in [6.45, 7) is 7.68. The van der Waals surface area contributed by atoms with Crippen molar-refractivity contribution in [3.8, 4) is 0 Å². The van der Waals surface area contributed by atoms with Crippen LogP contribution in [0.25, 0.3) is 0 Å². The Balaban J connectivity index is 1.89. The van der Waals surface area contributed by atoms with Gasteiger partial charge in [-0.15, -0.1) is 0 Å². The first-order valence-electron chi connectivity index (χ1n) is 10.5. The van der Waals surface area contributed by atoms with Gasteiger partial charge < -0.3 is 5.32 Å². The van der Waals surface area contributed by atoms with E-state index in [1.807, 2.05) is 20.8 Å². The van der Waals surface area contributed by atoms with E-state index in [1.54, 1.807) is 43.3 Å². The maximum absolute atomic E-state index is 13.8. The number of hydrogen-bond acceptors (Lipinski definition) is 4. The van der Waals surface area contributed by atoms with Crippen LogP contribution in [0.2, 0.25) is 0 Å². The molecule has 0 atom stereocenters. The number of alkyl halides is 3. The number of pyridine rings is 1. The summed E-state index contributed by atoms with van der Waals surface area (Å²) in [5.41, 5.74) is 1.44. The molecular formula is C24H23BrF3N3O2S. The summed E-state index contributed by atoms with van der Waals surface area (Å²) in [6.07, 6.45) is -4.62. The van der Waals surface area contributed by atoms with Crippen LogP contribution in [0.15, 0.2) is 57.9 Å². The fraction of sp³-hybridized carbons (Fsp3) is 0.292. The largest absolute Gasteiger partial charge is 0.433 e. The molecule has 2 heterocycles. The maximum atomic E-state index is 13.8. The van der Waals surface area contributed by atoms with Gasteiger partial charge in [-0.2, -0.15) is 13.2 Å². The summed E-state index contributed by atoms with van der Waals surface area (Å²) < 4.78 is 69.4. The van der Waals surface area contributed by atoms with E-state index in [9.17, 15) is 21.6 Å². The molecule has 1 aliphatic rings. The molecule has 0 amide bonds. The molecule has 0 aliphatic carbocycles. The van der Waals surface area contributed by atoms with Gasteiger partial charge in [-0.1, -0.05) is 54.9 Å². The van der Waals surface area contributed by atoms with Crippen LogP contribution < -0.4 is 9.62 Å². The summed E-state index contributed by atoms with van der Waals surface area (Å²) in [6, 6.07) is 12.1. The lowest BCUT2D eigenvalue weighted by Gasteiger charge is -2.27. The van der Waals surface area contributed by atoms with Gasteiger partial charge in [-0.3, -0.25) is 4.31 Å². The highest BCUT2D eigenvalue weighted by molar-refractivity contribution is 9.10. The van der Waals surface area contributed by atoms with E-state index < -0.39 is 21.9 Å². The molecule has 0 radical (unpaired) electrons. The van der Waals surface area contributed by atoms with Crippen LogP contribution >= 0.6 is 15.9 Å².